The van der Waals surface area contributed by atoms with Crippen molar-refractivity contribution in [1.29, 1.82) is 0 Å². The first kappa shape index (κ1) is 33.9. The zero-order valence-electron chi connectivity index (χ0n) is 25.3. The molecule has 1 aliphatic carbocycles. The van der Waals surface area contributed by atoms with Crippen molar-refractivity contribution >= 4 is 44.7 Å². The molecule has 43 heavy (non-hydrogen) atoms. The first-order valence-electron chi connectivity index (χ1n) is 14.5. The molecule has 1 aliphatic heterocycles. The molecule has 2 fully saturated rings. The van der Waals surface area contributed by atoms with E-state index in [0.717, 1.165) is 19.3 Å². The second kappa shape index (κ2) is 14.2. The molecule has 13 nitrogen and oxygen atoms in total. The summed E-state index contributed by atoms with van der Waals surface area (Å²) in [5, 5.41) is 18.6. The number of hydrogen-bond acceptors (Lipinski definition) is 8. The number of ketones is 1. The van der Waals surface area contributed by atoms with Crippen LogP contribution in [-0.2, 0) is 19.2 Å². The Morgan fingerprint density at radius 2 is 1.70 bits per heavy atom. The number of amides is 4. The molecule has 0 bridgehead atoms. The van der Waals surface area contributed by atoms with Crippen molar-refractivity contribution in [3.8, 4) is 5.75 Å². The Morgan fingerprint density at radius 3 is 2.19 bits per heavy atom. The summed E-state index contributed by atoms with van der Waals surface area (Å²) >= 11 is 0. The SMILES string of the molecule is CC(C)[C@H]1CCN(C(=O)[C@@H](NC(=O)Oc2ccc([N+](=O)[O-])cc2)C(C)(C)C)[C@@H]1C(=O)NC(CC1CCC1)C(=O)C(=O)NP. The molecule has 3 rings (SSSR count). The lowest BCUT2D eigenvalue weighted by atomic mass is 9.80. The van der Waals surface area contributed by atoms with Gasteiger partial charge in [-0.15, -0.1) is 0 Å². The number of likely N-dealkylation sites (tertiary alicyclic amines) is 1. The number of benzene rings is 1. The molecule has 1 heterocycles. The number of Topliss-reactive ketones (excluding diaryl/α,β-unsaturated/α-hetero) is 1. The maximum absolute atomic E-state index is 14.1. The number of nitro groups is 1. The van der Waals surface area contributed by atoms with Gasteiger partial charge in [0.15, 0.2) is 0 Å². The highest BCUT2D eigenvalue weighted by Gasteiger charge is 2.48. The van der Waals surface area contributed by atoms with Crippen molar-refractivity contribution in [2.75, 3.05) is 6.54 Å². The lowest BCUT2D eigenvalue weighted by Gasteiger charge is -2.37. The molecular formula is C29H42N5O8P. The van der Waals surface area contributed by atoms with E-state index < -0.39 is 58.1 Å². The van der Waals surface area contributed by atoms with Gasteiger partial charge >= 0.3 is 6.09 Å². The highest BCUT2D eigenvalue weighted by molar-refractivity contribution is 7.15. The van der Waals surface area contributed by atoms with Crippen molar-refractivity contribution in [1.82, 2.24) is 20.6 Å². The third-order valence-corrected chi connectivity index (χ3v) is 8.53. The number of nitrogens with one attached hydrogen (secondary N) is 3. The highest BCUT2D eigenvalue weighted by Crippen LogP contribution is 2.34. The third-order valence-electron chi connectivity index (χ3n) is 8.27. The molecule has 1 saturated heterocycles. The van der Waals surface area contributed by atoms with Crippen LogP contribution in [0.5, 0.6) is 5.75 Å². The lowest BCUT2D eigenvalue weighted by molar-refractivity contribution is -0.384. The highest BCUT2D eigenvalue weighted by atomic mass is 31.0. The minimum Gasteiger partial charge on any atom is -0.410 e. The van der Waals surface area contributed by atoms with Crippen LogP contribution in [0.3, 0.4) is 0 Å². The number of nitrogens with zero attached hydrogens (tertiary/aromatic N) is 2. The summed E-state index contributed by atoms with van der Waals surface area (Å²) < 4.78 is 5.29. The van der Waals surface area contributed by atoms with E-state index in [1.54, 1.807) is 20.8 Å². The van der Waals surface area contributed by atoms with Crippen LogP contribution in [0, 0.1) is 33.3 Å². The van der Waals surface area contributed by atoms with E-state index in [-0.39, 0.29) is 35.7 Å². The van der Waals surface area contributed by atoms with Crippen molar-refractivity contribution < 1.29 is 33.6 Å². The van der Waals surface area contributed by atoms with E-state index in [9.17, 15) is 34.1 Å². The molecule has 1 saturated carbocycles. The number of carbonyl (C=O) groups excluding carboxylic acids is 5. The van der Waals surface area contributed by atoms with Crippen LogP contribution in [0.4, 0.5) is 10.5 Å². The maximum atomic E-state index is 14.1. The van der Waals surface area contributed by atoms with Crippen LogP contribution in [0.2, 0.25) is 0 Å². The number of rotatable bonds is 11. The van der Waals surface area contributed by atoms with Crippen LogP contribution in [0.15, 0.2) is 24.3 Å². The van der Waals surface area contributed by atoms with Gasteiger partial charge in [0.2, 0.25) is 17.6 Å². The van der Waals surface area contributed by atoms with E-state index >= 15 is 0 Å². The van der Waals surface area contributed by atoms with Gasteiger partial charge in [-0.2, -0.15) is 0 Å². The molecule has 3 N–H and O–H groups in total. The van der Waals surface area contributed by atoms with Gasteiger partial charge in [0, 0.05) is 18.7 Å². The van der Waals surface area contributed by atoms with Gasteiger partial charge in [-0.3, -0.25) is 29.3 Å². The quantitative estimate of drug-likeness (QED) is 0.146. The van der Waals surface area contributed by atoms with Gasteiger partial charge in [-0.05, 0) is 57.5 Å². The molecule has 1 aromatic carbocycles. The van der Waals surface area contributed by atoms with E-state index in [2.05, 4.69) is 15.7 Å². The first-order chi connectivity index (χ1) is 20.1. The Morgan fingerprint density at radius 1 is 1.07 bits per heavy atom. The topological polar surface area (TPSA) is 177 Å². The molecule has 2 aliphatic rings. The minimum absolute atomic E-state index is 0.0258. The Kier molecular flexibility index (Phi) is 11.2. The average Bonchev–Trinajstić information content (AvgIpc) is 3.37. The summed E-state index contributed by atoms with van der Waals surface area (Å²) in [7, 11) is 2.00. The van der Waals surface area contributed by atoms with Gasteiger partial charge in [0.05, 0.1) is 11.0 Å². The molecule has 1 aromatic rings. The molecule has 236 valence electrons. The lowest BCUT2D eigenvalue weighted by Crippen LogP contribution is -2.60. The summed E-state index contributed by atoms with van der Waals surface area (Å²) in [6.07, 6.45) is 2.82. The van der Waals surface area contributed by atoms with Gasteiger partial charge in [0.1, 0.15) is 17.8 Å². The molecule has 14 heteroatoms. The molecule has 0 radical (unpaired) electrons. The standard InChI is InChI=1S/C29H42N5O8P/c1-16(2)20-13-14-33(22(20)25(36)30-21(15-17-7-6-8-17)23(35)26(37)32-43)27(38)24(29(3,4)5)31-28(39)42-19-11-9-18(10-12-19)34(40)41/h9-12,16-17,20-22,24H,6-8,13-15,43H2,1-5H3,(H,30,36)(H,31,39)(H,32,37)/t20-,21?,22+,24-/m1/s1. The maximum Gasteiger partial charge on any atom is 0.413 e. The number of non-ortho nitro benzene ring substituents is 1. The van der Waals surface area contributed by atoms with Gasteiger partial charge < -0.3 is 25.4 Å². The van der Waals surface area contributed by atoms with E-state index in [0.29, 0.717) is 12.8 Å². The fourth-order valence-corrected chi connectivity index (χ4v) is 5.72. The summed E-state index contributed by atoms with van der Waals surface area (Å²) in [6.45, 7) is 9.47. The van der Waals surface area contributed by atoms with E-state index in [4.69, 9.17) is 4.74 Å². The van der Waals surface area contributed by atoms with Crippen LogP contribution < -0.4 is 20.5 Å². The zero-order chi connectivity index (χ0) is 32.1. The van der Waals surface area contributed by atoms with Crippen LogP contribution in [-0.4, -0.2) is 64.1 Å². The summed E-state index contributed by atoms with van der Waals surface area (Å²) in [6, 6.07) is 1.92. The summed E-state index contributed by atoms with van der Waals surface area (Å²) in [4.78, 5) is 77.6. The number of hydrogen-bond donors (Lipinski definition) is 3. The first-order valence-corrected chi connectivity index (χ1v) is 15.1. The smallest absolute Gasteiger partial charge is 0.410 e. The Labute approximate surface area is 253 Å². The fourth-order valence-electron chi connectivity index (χ4n) is 5.58. The minimum atomic E-state index is -1.09. The van der Waals surface area contributed by atoms with Crippen LogP contribution in [0.1, 0.15) is 66.7 Å². The molecule has 5 atom stereocenters. The summed E-state index contributed by atoms with van der Waals surface area (Å²) in [5.41, 5.74) is -0.957. The third kappa shape index (κ3) is 8.49. The number of carbonyl (C=O) groups is 5. The predicted molar refractivity (Wildman–Crippen MR) is 161 cm³/mol. The predicted octanol–water partition coefficient (Wildman–Crippen LogP) is 3.12. The Bertz CT molecular complexity index is 1230. The number of nitro benzene ring substituents is 1. The van der Waals surface area contributed by atoms with E-state index in [1.807, 2.05) is 23.2 Å². The zero-order valence-corrected chi connectivity index (χ0v) is 26.4. The van der Waals surface area contributed by atoms with Crippen LogP contribution in [0.25, 0.3) is 0 Å². The largest absolute Gasteiger partial charge is 0.413 e. The molecule has 2 unspecified atom stereocenters. The fraction of sp³-hybridized carbons (Fsp3) is 0.621. The molecular weight excluding hydrogens is 577 g/mol. The normalized spacial score (nSPS) is 20.0. The molecule has 0 aromatic heterocycles. The molecule has 0 spiro atoms. The van der Waals surface area contributed by atoms with Gasteiger partial charge in [0.25, 0.3) is 11.6 Å². The second-order valence-electron chi connectivity index (χ2n) is 12.7. The monoisotopic (exact) mass is 619 g/mol. The van der Waals surface area contributed by atoms with Crippen molar-refractivity contribution in [3.63, 3.8) is 0 Å². The van der Waals surface area contributed by atoms with Crippen LogP contribution >= 0.6 is 9.39 Å². The van der Waals surface area contributed by atoms with Gasteiger partial charge in [-0.1, -0.05) is 53.9 Å². The summed E-state index contributed by atoms with van der Waals surface area (Å²) in [5.74, 6) is -2.47. The molecule has 4 amide bonds. The van der Waals surface area contributed by atoms with Crippen molar-refractivity contribution in [3.05, 3.63) is 34.4 Å². The van der Waals surface area contributed by atoms with Crippen molar-refractivity contribution in [2.24, 2.45) is 23.2 Å². The van der Waals surface area contributed by atoms with E-state index in [1.165, 1.54) is 29.2 Å². The second-order valence-corrected chi connectivity index (χ2v) is 13.0. The van der Waals surface area contributed by atoms with Gasteiger partial charge in [-0.25, -0.2) is 4.79 Å². The average molecular weight is 620 g/mol. The Balaban J connectivity index is 1.82. The Hall–Kier alpha value is -3.60. The number of ether oxygens (including phenoxy) is 1. The van der Waals surface area contributed by atoms with Crippen molar-refractivity contribution in [2.45, 2.75) is 84.8 Å².